The molecule has 3 aromatic carbocycles. The van der Waals surface area contributed by atoms with E-state index in [0.29, 0.717) is 0 Å². The van der Waals surface area contributed by atoms with Crippen molar-refractivity contribution in [2.24, 2.45) is 0 Å². The fraction of sp³-hybridized carbons (Fsp3) is 0. The van der Waals surface area contributed by atoms with Gasteiger partial charge in [0, 0.05) is 34.7 Å². The molecule has 0 atom stereocenters. The summed E-state index contributed by atoms with van der Waals surface area (Å²) in [5, 5.41) is 0.599. The van der Waals surface area contributed by atoms with Crippen molar-refractivity contribution in [1.29, 1.82) is 0 Å². The maximum Gasteiger partial charge on any atom is 1.20 e. The van der Waals surface area contributed by atoms with E-state index in [1.54, 1.807) is 30.3 Å². The Labute approximate surface area is 223 Å². The molecule has 11 heteroatoms. The molecule has 0 saturated carbocycles. The Balaban J connectivity index is 1.47. The molecule has 0 amide bonds. The third-order valence-electron chi connectivity index (χ3n) is 5.77. The highest BCUT2D eigenvalue weighted by molar-refractivity contribution is 6.41. The van der Waals surface area contributed by atoms with Crippen molar-refractivity contribution >= 4 is 59.5 Å². The van der Waals surface area contributed by atoms with Crippen molar-refractivity contribution in [3.05, 3.63) is 108 Å². The molecule has 0 N–H and O–H groups in total. The molecule has 3 aromatic heterocycles. The highest BCUT2D eigenvalue weighted by atomic mass is 35.5. The van der Waals surface area contributed by atoms with E-state index in [1.807, 2.05) is 0 Å². The summed E-state index contributed by atoms with van der Waals surface area (Å²) in [5.74, 6) is -1.12. The van der Waals surface area contributed by atoms with Crippen LogP contribution in [0.25, 0.3) is 32.7 Å². The maximum absolute atomic E-state index is 14.6. The van der Waals surface area contributed by atoms with Gasteiger partial charge in [-0.1, -0.05) is 11.6 Å². The van der Waals surface area contributed by atoms with E-state index >= 15 is 0 Å². The molecule has 0 aliphatic carbocycles. The van der Waals surface area contributed by atoms with Gasteiger partial charge in [-0.25, -0.2) is 13.2 Å². The number of rotatable bonds is 6. The molecule has 6 rings (SSSR count). The van der Waals surface area contributed by atoms with Gasteiger partial charge in [-0.2, -0.15) is 0 Å². The predicted octanol–water partition coefficient (Wildman–Crippen LogP) is 6.92. The Morgan fingerprint density at radius 3 is 1.58 bits per heavy atom. The predicted molar refractivity (Wildman–Crippen MR) is 138 cm³/mol. The Morgan fingerprint density at radius 2 is 1.05 bits per heavy atom. The largest absolute Gasteiger partial charge is 1.20 e. The summed E-state index contributed by atoms with van der Waals surface area (Å²) in [6.45, 7) is 0. The van der Waals surface area contributed by atoms with Crippen LogP contribution in [0.15, 0.2) is 85.3 Å². The van der Waals surface area contributed by atoms with E-state index in [9.17, 15) is 13.2 Å². The van der Waals surface area contributed by atoms with Crippen LogP contribution in [0.3, 0.4) is 0 Å². The Bertz CT molecular complexity index is 1760. The molecule has 38 heavy (non-hydrogen) atoms. The highest BCUT2D eigenvalue weighted by Crippen LogP contribution is 2.36. The number of benzene rings is 3. The van der Waals surface area contributed by atoms with E-state index in [2.05, 4.69) is 15.0 Å². The van der Waals surface area contributed by atoms with E-state index in [4.69, 9.17) is 23.0 Å². The van der Waals surface area contributed by atoms with E-state index in [-0.39, 0.29) is 55.0 Å². The van der Waals surface area contributed by atoms with Gasteiger partial charge in [0.15, 0.2) is 0 Å². The van der Waals surface area contributed by atoms with Crippen molar-refractivity contribution in [3.8, 4) is 17.2 Å². The highest BCUT2D eigenvalue weighted by Gasteiger charge is 2.46. The zero-order valence-corrected chi connectivity index (χ0v) is 21.1. The summed E-state index contributed by atoms with van der Waals surface area (Å²) in [6, 6.07) is 15.8. The monoisotopic (exact) mass is 547 g/mol. The maximum atomic E-state index is 14.6. The quantitative estimate of drug-likeness (QED) is 0.211. The molecule has 0 radical (unpaired) electrons. The van der Waals surface area contributed by atoms with Crippen molar-refractivity contribution in [2.45, 2.75) is 0 Å². The molecule has 0 saturated heterocycles. The SMILES string of the molecule is Fc1ccc([O][Al]([O]c2ccc(F)c3cccnc23)[O]c2c(Cl)cc(F)c3cccnc23)c2ncccc12. The Hall–Kier alpha value is -4.10. The van der Waals surface area contributed by atoms with Gasteiger partial charge in [0.2, 0.25) is 0 Å². The first-order chi connectivity index (χ1) is 18.5. The smallest absolute Gasteiger partial charge is 0.576 e. The normalized spacial score (nSPS) is 11.2. The molecular weight excluding hydrogens is 534 g/mol. The minimum Gasteiger partial charge on any atom is -0.576 e. The lowest BCUT2D eigenvalue weighted by atomic mass is 10.2. The van der Waals surface area contributed by atoms with Crippen molar-refractivity contribution < 1.29 is 24.5 Å². The lowest BCUT2D eigenvalue weighted by Crippen LogP contribution is -2.37. The minimum absolute atomic E-state index is 0.0408. The van der Waals surface area contributed by atoms with E-state index < -0.39 is 32.6 Å². The fourth-order valence-corrected chi connectivity index (χ4v) is 5.72. The number of halogens is 4. The van der Waals surface area contributed by atoms with Crippen molar-refractivity contribution in [1.82, 2.24) is 15.0 Å². The summed E-state index contributed by atoms with van der Waals surface area (Å²) in [5.41, 5.74) is 0.645. The van der Waals surface area contributed by atoms with Crippen LogP contribution in [0.2, 0.25) is 5.02 Å². The third-order valence-corrected chi connectivity index (χ3v) is 7.37. The van der Waals surface area contributed by atoms with Crippen LogP contribution in [0.5, 0.6) is 17.2 Å². The second kappa shape index (κ2) is 9.99. The zero-order chi connectivity index (χ0) is 26.2. The Morgan fingerprint density at radius 1 is 0.579 bits per heavy atom. The molecular formula is C27H14AlClF3N3O3. The van der Waals surface area contributed by atoms with Crippen LogP contribution < -0.4 is 11.4 Å². The molecule has 3 heterocycles. The van der Waals surface area contributed by atoms with Crippen LogP contribution in [0, 0.1) is 17.5 Å². The first kappa shape index (κ1) is 24.3. The van der Waals surface area contributed by atoms with Crippen LogP contribution in [-0.2, 0) is 0 Å². The number of aromatic nitrogens is 3. The van der Waals surface area contributed by atoms with Gasteiger partial charge in [-0.05, 0) is 66.7 Å². The van der Waals surface area contributed by atoms with Gasteiger partial charge >= 0.3 is 15.1 Å². The number of nitrogens with zero attached hydrogens (tertiary/aromatic N) is 3. The van der Waals surface area contributed by atoms with Gasteiger partial charge in [-0.15, -0.1) is 0 Å². The average Bonchev–Trinajstić information content (AvgIpc) is 2.94. The number of fused-ring (bicyclic) bond motifs is 3. The van der Waals surface area contributed by atoms with Gasteiger partial charge in [0.1, 0.15) is 51.3 Å². The van der Waals surface area contributed by atoms with Crippen LogP contribution in [0.4, 0.5) is 13.2 Å². The second-order valence-corrected chi connectivity index (χ2v) is 9.79. The molecule has 0 bridgehead atoms. The summed E-state index contributed by atoms with van der Waals surface area (Å²) in [7, 11) is 0. The summed E-state index contributed by atoms with van der Waals surface area (Å²) in [4.78, 5) is 12.7. The summed E-state index contributed by atoms with van der Waals surface area (Å²) < 4.78 is 61.9. The topological polar surface area (TPSA) is 66.4 Å². The number of hydrogen-bond donors (Lipinski definition) is 0. The number of pyridine rings is 3. The molecule has 0 aliphatic rings. The minimum atomic E-state index is -3.38. The zero-order valence-electron chi connectivity index (χ0n) is 19.2. The number of hydrogen-bond acceptors (Lipinski definition) is 6. The fourth-order valence-electron chi connectivity index (χ4n) is 4.05. The molecule has 0 unspecified atom stereocenters. The van der Waals surface area contributed by atoms with E-state index in [1.165, 1.54) is 48.9 Å². The van der Waals surface area contributed by atoms with Gasteiger partial charge in [0.25, 0.3) is 0 Å². The molecule has 0 spiro atoms. The van der Waals surface area contributed by atoms with Crippen LogP contribution in [-0.4, -0.2) is 30.1 Å². The molecule has 6 aromatic rings. The average molecular weight is 548 g/mol. The molecule has 6 nitrogen and oxygen atoms in total. The standard InChI is InChI=1S/C9H5ClFNO.2C9H6FNO.Al/c10-6-4-7(11)5-2-1-3-12-8(5)9(6)13;2*10-7-3-4-8(12)9-6(7)2-1-5-11-9;/h1-4,13H;2*1-5,12H;/q;;;+3/p-3. The third kappa shape index (κ3) is 4.43. The van der Waals surface area contributed by atoms with Crippen LogP contribution in [0.1, 0.15) is 0 Å². The molecule has 0 fully saturated rings. The lowest BCUT2D eigenvalue weighted by Gasteiger charge is -2.19. The molecule has 0 aliphatic heterocycles. The van der Waals surface area contributed by atoms with Crippen molar-refractivity contribution in [3.63, 3.8) is 0 Å². The first-order valence-electron chi connectivity index (χ1n) is 11.3. The first-order valence-corrected chi connectivity index (χ1v) is 13.1. The van der Waals surface area contributed by atoms with E-state index in [0.717, 1.165) is 6.07 Å². The lowest BCUT2D eigenvalue weighted by molar-refractivity contribution is 0.310. The van der Waals surface area contributed by atoms with Crippen molar-refractivity contribution in [2.75, 3.05) is 0 Å². The van der Waals surface area contributed by atoms with Gasteiger partial charge in [0.05, 0.1) is 5.02 Å². The second-order valence-electron chi connectivity index (χ2n) is 8.10. The summed E-state index contributed by atoms with van der Waals surface area (Å²) in [6.07, 6.45) is 4.47. The Kier molecular flexibility index (Phi) is 6.37. The van der Waals surface area contributed by atoms with Gasteiger partial charge < -0.3 is 11.4 Å². The van der Waals surface area contributed by atoms with Crippen LogP contribution >= 0.6 is 11.6 Å². The molecule has 186 valence electrons. The summed E-state index contributed by atoms with van der Waals surface area (Å²) >= 11 is 2.99. The van der Waals surface area contributed by atoms with Gasteiger partial charge in [-0.3, -0.25) is 15.0 Å².